The maximum Gasteiger partial charge on any atom is 0.242 e. The molecule has 1 aliphatic heterocycles. The van der Waals surface area contributed by atoms with Gasteiger partial charge in [-0.3, -0.25) is 9.48 Å². The number of halogens is 1. The number of rotatable bonds is 2. The normalized spacial score (nSPS) is 14.6. The Hall–Kier alpha value is -1.85. The summed E-state index contributed by atoms with van der Waals surface area (Å²) >= 11 is 0. The van der Waals surface area contributed by atoms with Gasteiger partial charge in [-0.15, -0.1) is 12.4 Å². The van der Waals surface area contributed by atoms with E-state index in [9.17, 15) is 4.79 Å². The van der Waals surface area contributed by atoms with Gasteiger partial charge in [-0.1, -0.05) is 30.3 Å². The lowest BCUT2D eigenvalue weighted by molar-refractivity contribution is -0.135. The summed E-state index contributed by atoms with van der Waals surface area (Å²) in [4.78, 5) is 14.3. The molecule has 1 amide bonds. The molecule has 0 saturated heterocycles. The standard InChI is InChI=1S/C18H24N4O.ClH/c1-18(2,19)17(23)22-11-9-14-15(10-12-22)21(3)20-16(14)13-7-5-4-6-8-13;/h4-8H,9-12,19H2,1-3H3;1H. The minimum atomic E-state index is -0.822. The van der Waals surface area contributed by atoms with E-state index in [2.05, 4.69) is 12.1 Å². The number of nitrogens with two attached hydrogens (primary N) is 1. The van der Waals surface area contributed by atoms with Gasteiger partial charge in [-0.2, -0.15) is 5.10 Å². The van der Waals surface area contributed by atoms with E-state index < -0.39 is 5.54 Å². The fourth-order valence-electron chi connectivity index (χ4n) is 3.22. The largest absolute Gasteiger partial charge is 0.340 e. The van der Waals surface area contributed by atoms with Crippen LogP contribution in [0.5, 0.6) is 0 Å². The molecule has 2 heterocycles. The number of amides is 1. The Balaban J connectivity index is 0.00000208. The van der Waals surface area contributed by atoms with Crippen LogP contribution in [0, 0.1) is 0 Å². The van der Waals surface area contributed by atoms with Crippen LogP contribution in [0.15, 0.2) is 30.3 Å². The summed E-state index contributed by atoms with van der Waals surface area (Å²) in [5.74, 6) is 0.0135. The highest BCUT2D eigenvalue weighted by atomic mass is 35.5. The molecule has 0 unspecified atom stereocenters. The zero-order chi connectivity index (χ0) is 16.6. The van der Waals surface area contributed by atoms with Gasteiger partial charge in [-0.25, -0.2) is 0 Å². The number of hydrogen-bond donors (Lipinski definition) is 1. The van der Waals surface area contributed by atoms with E-state index in [0.29, 0.717) is 13.1 Å². The Morgan fingerprint density at radius 3 is 2.42 bits per heavy atom. The molecule has 0 saturated carbocycles. The summed E-state index contributed by atoms with van der Waals surface area (Å²) in [6, 6.07) is 10.2. The zero-order valence-corrected chi connectivity index (χ0v) is 15.3. The molecule has 1 aromatic carbocycles. The van der Waals surface area contributed by atoms with Crippen LogP contribution in [-0.2, 0) is 24.7 Å². The van der Waals surface area contributed by atoms with Crippen LogP contribution in [0.3, 0.4) is 0 Å². The molecule has 0 spiro atoms. The Bertz CT molecular complexity index is 719. The maximum absolute atomic E-state index is 12.5. The number of carbonyl (C=O) groups is 1. The second-order valence-electron chi connectivity index (χ2n) is 6.78. The van der Waals surface area contributed by atoms with Crippen molar-refractivity contribution >= 4 is 18.3 Å². The second kappa shape index (κ2) is 6.95. The van der Waals surface area contributed by atoms with Crippen molar-refractivity contribution in [3.63, 3.8) is 0 Å². The van der Waals surface area contributed by atoms with Crippen molar-refractivity contribution in [1.29, 1.82) is 0 Å². The molecular formula is C18H25ClN4O. The van der Waals surface area contributed by atoms with Gasteiger partial charge in [0.25, 0.3) is 0 Å². The van der Waals surface area contributed by atoms with Gasteiger partial charge in [-0.05, 0) is 20.3 Å². The second-order valence-corrected chi connectivity index (χ2v) is 6.78. The predicted octanol–water partition coefficient (Wildman–Crippen LogP) is 2.17. The van der Waals surface area contributed by atoms with Crippen molar-refractivity contribution in [3.8, 4) is 11.3 Å². The fourth-order valence-corrected chi connectivity index (χ4v) is 3.22. The molecule has 130 valence electrons. The Labute approximate surface area is 149 Å². The van der Waals surface area contributed by atoms with Gasteiger partial charge in [0.2, 0.25) is 5.91 Å². The molecule has 1 aliphatic rings. The number of fused-ring (bicyclic) bond motifs is 1. The van der Waals surface area contributed by atoms with Gasteiger partial charge >= 0.3 is 0 Å². The average Bonchev–Trinajstić information content (AvgIpc) is 2.70. The van der Waals surface area contributed by atoms with E-state index >= 15 is 0 Å². The third-order valence-corrected chi connectivity index (χ3v) is 4.41. The van der Waals surface area contributed by atoms with Crippen molar-refractivity contribution in [2.24, 2.45) is 12.8 Å². The number of carbonyl (C=O) groups excluding carboxylic acids is 1. The quantitative estimate of drug-likeness (QED) is 0.904. The third kappa shape index (κ3) is 3.47. The first kappa shape index (κ1) is 18.5. The molecule has 0 fully saturated rings. The number of hydrogen-bond acceptors (Lipinski definition) is 3. The van der Waals surface area contributed by atoms with Crippen molar-refractivity contribution in [2.75, 3.05) is 13.1 Å². The summed E-state index contributed by atoms with van der Waals surface area (Å²) in [6.45, 7) is 4.92. The minimum Gasteiger partial charge on any atom is -0.340 e. The van der Waals surface area contributed by atoms with Gasteiger partial charge in [0.05, 0.1) is 11.2 Å². The highest BCUT2D eigenvalue weighted by Crippen LogP contribution is 2.28. The number of aromatic nitrogens is 2. The predicted molar refractivity (Wildman–Crippen MR) is 98.1 cm³/mol. The van der Waals surface area contributed by atoms with Crippen molar-refractivity contribution in [1.82, 2.24) is 14.7 Å². The highest BCUT2D eigenvalue weighted by Gasteiger charge is 2.30. The number of benzene rings is 1. The summed E-state index contributed by atoms with van der Waals surface area (Å²) in [7, 11) is 1.98. The average molecular weight is 349 g/mol. The van der Waals surface area contributed by atoms with Gasteiger partial charge in [0, 0.05) is 43.4 Å². The molecule has 5 nitrogen and oxygen atoms in total. The van der Waals surface area contributed by atoms with E-state index in [1.54, 1.807) is 13.8 Å². The van der Waals surface area contributed by atoms with Crippen LogP contribution in [0.2, 0.25) is 0 Å². The molecular weight excluding hydrogens is 324 g/mol. The molecule has 24 heavy (non-hydrogen) atoms. The van der Waals surface area contributed by atoms with Crippen LogP contribution >= 0.6 is 12.4 Å². The Morgan fingerprint density at radius 2 is 1.79 bits per heavy atom. The van der Waals surface area contributed by atoms with E-state index in [0.717, 1.165) is 24.1 Å². The lowest BCUT2D eigenvalue weighted by Gasteiger charge is -2.28. The van der Waals surface area contributed by atoms with Gasteiger partial charge < -0.3 is 10.6 Å². The van der Waals surface area contributed by atoms with E-state index in [1.807, 2.05) is 34.8 Å². The summed E-state index contributed by atoms with van der Waals surface area (Å²) in [5, 5.41) is 4.71. The Morgan fingerprint density at radius 1 is 1.17 bits per heavy atom. The maximum atomic E-state index is 12.5. The van der Waals surface area contributed by atoms with E-state index in [4.69, 9.17) is 10.8 Å². The van der Waals surface area contributed by atoms with Crippen LogP contribution in [0.4, 0.5) is 0 Å². The number of aryl methyl sites for hydroxylation is 1. The highest BCUT2D eigenvalue weighted by molar-refractivity contribution is 5.85. The Kier molecular flexibility index (Phi) is 5.35. The first-order valence-electron chi connectivity index (χ1n) is 8.06. The van der Waals surface area contributed by atoms with Crippen molar-refractivity contribution in [2.45, 2.75) is 32.2 Å². The molecule has 1 aromatic heterocycles. The van der Waals surface area contributed by atoms with Crippen LogP contribution in [0.1, 0.15) is 25.1 Å². The van der Waals surface area contributed by atoms with Gasteiger partial charge in [0.15, 0.2) is 0 Å². The molecule has 0 bridgehead atoms. The fraction of sp³-hybridized carbons (Fsp3) is 0.444. The molecule has 0 radical (unpaired) electrons. The van der Waals surface area contributed by atoms with Crippen molar-refractivity contribution in [3.05, 3.63) is 41.6 Å². The van der Waals surface area contributed by atoms with E-state index in [-0.39, 0.29) is 18.3 Å². The van der Waals surface area contributed by atoms with Crippen LogP contribution < -0.4 is 5.73 Å². The monoisotopic (exact) mass is 348 g/mol. The van der Waals surface area contributed by atoms with Crippen LogP contribution in [0.25, 0.3) is 11.3 Å². The van der Waals surface area contributed by atoms with E-state index in [1.165, 1.54) is 11.3 Å². The summed E-state index contributed by atoms with van der Waals surface area (Å²) in [6.07, 6.45) is 1.63. The first-order valence-corrected chi connectivity index (χ1v) is 8.06. The van der Waals surface area contributed by atoms with Gasteiger partial charge in [0.1, 0.15) is 0 Å². The lowest BCUT2D eigenvalue weighted by atomic mass is 10.0. The topological polar surface area (TPSA) is 64.2 Å². The lowest BCUT2D eigenvalue weighted by Crippen LogP contribution is -2.51. The number of nitrogens with zero attached hydrogens (tertiary/aromatic N) is 3. The zero-order valence-electron chi connectivity index (χ0n) is 14.5. The smallest absolute Gasteiger partial charge is 0.242 e. The van der Waals surface area contributed by atoms with Crippen molar-refractivity contribution < 1.29 is 4.79 Å². The summed E-state index contributed by atoms with van der Waals surface area (Å²) in [5.41, 5.74) is 9.79. The molecule has 6 heteroatoms. The first-order chi connectivity index (χ1) is 10.9. The third-order valence-electron chi connectivity index (χ3n) is 4.41. The summed E-state index contributed by atoms with van der Waals surface area (Å²) < 4.78 is 1.96. The SMILES string of the molecule is Cl.Cn1nc(-c2ccccc2)c2c1CCN(C(=O)C(C)(C)N)CC2. The molecule has 2 N–H and O–H groups in total. The molecule has 3 rings (SSSR count). The van der Waals surface area contributed by atoms with Crippen LogP contribution in [-0.4, -0.2) is 39.2 Å². The molecule has 2 aromatic rings. The molecule has 0 aliphatic carbocycles. The minimum absolute atomic E-state index is 0. The molecule has 0 atom stereocenters.